The molecule has 0 bridgehead atoms. The SMILES string of the molecule is Cc1ccc(-c2c(C(=O)O)nc(C)n2C)c(C)c1C. The zero-order valence-corrected chi connectivity index (χ0v) is 11.9. The summed E-state index contributed by atoms with van der Waals surface area (Å²) in [6.07, 6.45) is 0. The maximum absolute atomic E-state index is 11.3. The zero-order chi connectivity index (χ0) is 14.3. The average Bonchev–Trinajstić information content (AvgIpc) is 2.64. The normalized spacial score (nSPS) is 10.8. The summed E-state index contributed by atoms with van der Waals surface area (Å²) in [6, 6.07) is 3.99. The van der Waals surface area contributed by atoms with Gasteiger partial charge in [0.15, 0.2) is 5.69 Å². The van der Waals surface area contributed by atoms with E-state index in [2.05, 4.69) is 18.8 Å². The Morgan fingerprint density at radius 1 is 1.16 bits per heavy atom. The van der Waals surface area contributed by atoms with Gasteiger partial charge in [0.1, 0.15) is 5.82 Å². The minimum Gasteiger partial charge on any atom is -0.476 e. The number of nitrogens with zero attached hydrogens (tertiary/aromatic N) is 2. The van der Waals surface area contributed by atoms with E-state index in [9.17, 15) is 9.90 Å². The van der Waals surface area contributed by atoms with Crippen LogP contribution in [0.25, 0.3) is 11.3 Å². The van der Waals surface area contributed by atoms with Crippen molar-refractivity contribution in [2.45, 2.75) is 27.7 Å². The fraction of sp³-hybridized carbons (Fsp3) is 0.333. The number of carboxylic acid groups (broad SMARTS) is 1. The van der Waals surface area contributed by atoms with Gasteiger partial charge >= 0.3 is 5.97 Å². The summed E-state index contributed by atoms with van der Waals surface area (Å²) < 4.78 is 1.83. The molecule has 1 heterocycles. The number of hydrogen-bond acceptors (Lipinski definition) is 2. The molecular weight excluding hydrogens is 240 g/mol. The number of imidazole rings is 1. The first-order valence-corrected chi connectivity index (χ1v) is 6.18. The minimum absolute atomic E-state index is 0.117. The predicted octanol–water partition coefficient (Wildman–Crippen LogP) is 3.02. The van der Waals surface area contributed by atoms with Crippen LogP contribution < -0.4 is 0 Å². The van der Waals surface area contributed by atoms with Crippen molar-refractivity contribution >= 4 is 5.97 Å². The first-order chi connectivity index (χ1) is 8.84. The quantitative estimate of drug-likeness (QED) is 0.900. The predicted molar refractivity (Wildman–Crippen MR) is 74.6 cm³/mol. The maximum atomic E-state index is 11.3. The van der Waals surface area contributed by atoms with Crippen LogP contribution in [0.1, 0.15) is 33.0 Å². The summed E-state index contributed by atoms with van der Waals surface area (Å²) in [5.41, 5.74) is 5.22. The van der Waals surface area contributed by atoms with Gasteiger partial charge in [-0.2, -0.15) is 0 Å². The van der Waals surface area contributed by atoms with Crippen LogP contribution in [0, 0.1) is 27.7 Å². The van der Waals surface area contributed by atoms with Crippen LogP contribution in [0.3, 0.4) is 0 Å². The number of aromatic carboxylic acids is 1. The summed E-state index contributed by atoms with van der Waals surface area (Å²) in [5.74, 6) is -0.290. The first kappa shape index (κ1) is 13.3. The van der Waals surface area contributed by atoms with Crippen molar-refractivity contribution in [1.82, 2.24) is 9.55 Å². The first-order valence-electron chi connectivity index (χ1n) is 6.18. The van der Waals surface area contributed by atoms with Crippen LogP contribution in [0.15, 0.2) is 12.1 Å². The van der Waals surface area contributed by atoms with Gasteiger partial charge in [-0.15, -0.1) is 0 Å². The lowest BCUT2D eigenvalue weighted by Gasteiger charge is -2.13. The van der Waals surface area contributed by atoms with E-state index in [-0.39, 0.29) is 5.69 Å². The second kappa shape index (κ2) is 4.53. The fourth-order valence-corrected chi connectivity index (χ4v) is 2.28. The summed E-state index contributed by atoms with van der Waals surface area (Å²) >= 11 is 0. The molecule has 4 heteroatoms. The molecule has 100 valence electrons. The van der Waals surface area contributed by atoms with Crippen LogP contribution in [0.5, 0.6) is 0 Å². The number of aryl methyl sites for hydroxylation is 2. The Morgan fingerprint density at radius 3 is 2.37 bits per heavy atom. The van der Waals surface area contributed by atoms with Crippen molar-refractivity contribution in [1.29, 1.82) is 0 Å². The van der Waals surface area contributed by atoms with E-state index in [1.807, 2.05) is 37.6 Å². The van der Waals surface area contributed by atoms with Gasteiger partial charge in [0.25, 0.3) is 0 Å². The maximum Gasteiger partial charge on any atom is 0.356 e. The van der Waals surface area contributed by atoms with Crippen LogP contribution >= 0.6 is 0 Å². The number of carbonyl (C=O) groups is 1. The molecule has 0 aliphatic carbocycles. The van der Waals surface area contributed by atoms with Crippen molar-refractivity contribution < 1.29 is 9.90 Å². The van der Waals surface area contributed by atoms with Crippen molar-refractivity contribution in [2.75, 3.05) is 0 Å². The van der Waals surface area contributed by atoms with Gasteiger partial charge in [0.2, 0.25) is 0 Å². The van der Waals surface area contributed by atoms with Crippen molar-refractivity contribution in [3.8, 4) is 11.3 Å². The van der Waals surface area contributed by atoms with Crippen molar-refractivity contribution in [3.05, 3.63) is 40.3 Å². The van der Waals surface area contributed by atoms with Crippen LogP contribution in [-0.2, 0) is 7.05 Å². The minimum atomic E-state index is -0.990. The molecule has 2 aromatic rings. The molecule has 4 nitrogen and oxygen atoms in total. The van der Waals surface area contributed by atoms with Crippen molar-refractivity contribution in [3.63, 3.8) is 0 Å². The molecule has 1 aromatic carbocycles. The summed E-state index contributed by atoms with van der Waals surface area (Å²) in [5, 5.41) is 9.30. The van der Waals surface area contributed by atoms with Crippen molar-refractivity contribution in [2.24, 2.45) is 7.05 Å². The van der Waals surface area contributed by atoms with E-state index < -0.39 is 5.97 Å². The number of aromatic nitrogens is 2. The molecule has 0 aliphatic rings. The molecule has 19 heavy (non-hydrogen) atoms. The van der Waals surface area contributed by atoms with Gasteiger partial charge in [-0.05, 0) is 44.4 Å². The van der Waals surface area contributed by atoms with Crippen LogP contribution in [-0.4, -0.2) is 20.6 Å². The lowest BCUT2D eigenvalue weighted by Crippen LogP contribution is -2.03. The number of carboxylic acids is 1. The molecule has 2 rings (SSSR count). The Labute approximate surface area is 112 Å². The van der Waals surface area contributed by atoms with E-state index in [1.165, 1.54) is 11.1 Å². The molecule has 0 saturated heterocycles. The van der Waals surface area contributed by atoms with E-state index in [4.69, 9.17) is 0 Å². The third kappa shape index (κ3) is 2.03. The number of rotatable bonds is 2. The van der Waals surface area contributed by atoms with Gasteiger partial charge < -0.3 is 9.67 Å². The second-order valence-corrected chi connectivity index (χ2v) is 4.90. The van der Waals surface area contributed by atoms with E-state index in [0.717, 1.165) is 11.1 Å². The van der Waals surface area contributed by atoms with E-state index in [1.54, 1.807) is 0 Å². The smallest absolute Gasteiger partial charge is 0.356 e. The Morgan fingerprint density at radius 2 is 1.79 bits per heavy atom. The van der Waals surface area contributed by atoms with Gasteiger partial charge in [-0.3, -0.25) is 0 Å². The van der Waals surface area contributed by atoms with Gasteiger partial charge in [0, 0.05) is 12.6 Å². The molecular formula is C15H18N2O2. The molecule has 0 aliphatic heterocycles. The molecule has 0 unspecified atom stereocenters. The Kier molecular flexibility index (Phi) is 3.18. The van der Waals surface area contributed by atoms with Gasteiger partial charge in [0.05, 0.1) is 5.69 Å². The third-order valence-electron chi connectivity index (χ3n) is 3.83. The lowest BCUT2D eigenvalue weighted by molar-refractivity contribution is 0.0692. The van der Waals surface area contributed by atoms with Crippen LogP contribution in [0.2, 0.25) is 0 Å². The third-order valence-corrected chi connectivity index (χ3v) is 3.83. The molecule has 0 spiro atoms. The van der Waals surface area contributed by atoms with E-state index in [0.29, 0.717) is 11.5 Å². The monoisotopic (exact) mass is 258 g/mol. The Bertz CT molecular complexity index is 669. The standard InChI is InChI=1S/C15H18N2O2/c1-8-6-7-12(10(3)9(8)2)14-13(15(18)19)16-11(4)17(14)5/h6-7H,1-5H3,(H,18,19). The molecule has 0 saturated carbocycles. The van der Waals surface area contributed by atoms with E-state index >= 15 is 0 Å². The highest BCUT2D eigenvalue weighted by atomic mass is 16.4. The summed E-state index contributed by atoms with van der Waals surface area (Å²) in [4.78, 5) is 15.5. The zero-order valence-electron chi connectivity index (χ0n) is 11.9. The Hall–Kier alpha value is -2.10. The largest absolute Gasteiger partial charge is 0.476 e. The molecule has 0 radical (unpaired) electrons. The number of hydrogen-bond donors (Lipinski definition) is 1. The fourth-order valence-electron chi connectivity index (χ4n) is 2.28. The number of benzene rings is 1. The Balaban J connectivity index is 2.79. The molecule has 1 N–H and O–H groups in total. The molecule has 0 amide bonds. The summed E-state index contributed by atoms with van der Waals surface area (Å²) in [7, 11) is 1.85. The average molecular weight is 258 g/mol. The molecule has 0 atom stereocenters. The highest BCUT2D eigenvalue weighted by Gasteiger charge is 2.21. The van der Waals surface area contributed by atoms with Crippen LogP contribution in [0.4, 0.5) is 0 Å². The molecule has 0 fully saturated rings. The topological polar surface area (TPSA) is 55.1 Å². The molecule has 1 aromatic heterocycles. The van der Waals surface area contributed by atoms with Gasteiger partial charge in [-0.1, -0.05) is 12.1 Å². The summed E-state index contributed by atoms with van der Waals surface area (Å²) in [6.45, 7) is 7.94. The lowest BCUT2D eigenvalue weighted by atomic mass is 9.96. The highest BCUT2D eigenvalue weighted by molar-refractivity contribution is 5.93. The highest BCUT2D eigenvalue weighted by Crippen LogP contribution is 2.30. The van der Waals surface area contributed by atoms with Gasteiger partial charge in [-0.25, -0.2) is 9.78 Å². The second-order valence-electron chi connectivity index (χ2n) is 4.90.